The van der Waals surface area contributed by atoms with Crippen molar-refractivity contribution >= 4 is 17.2 Å². The predicted molar refractivity (Wildman–Crippen MR) is 173 cm³/mol. The van der Waals surface area contributed by atoms with Crippen LogP contribution in [0.1, 0.15) is 62.3 Å². The van der Waals surface area contributed by atoms with E-state index >= 15 is 0 Å². The third-order valence-corrected chi connectivity index (χ3v) is 7.44. The number of amides is 1. The van der Waals surface area contributed by atoms with Crippen molar-refractivity contribution in [3.8, 4) is 11.5 Å². The molecule has 4 aromatic carbocycles. The van der Waals surface area contributed by atoms with Gasteiger partial charge in [-0.1, -0.05) is 91.3 Å². The van der Waals surface area contributed by atoms with Gasteiger partial charge in [-0.3, -0.25) is 0 Å². The summed E-state index contributed by atoms with van der Waals surface area (Å²) in [7, 11) is 0. The smallest absolute Gasteiger partial charge is 0.407 e. The Bertz CT molecular complexity index is 1480. The summed E-state index contributed by atoms with van der Waals surface area (Å²) in [5.41, 5.74) is 6.81. The number of benzene rings is 4. The third kappa shape index (κ3) is 8.51. The average molecular weight is 576 g/mol. The van der Waals surface area contributed by atoms with Gasteiger partial charge in [0.25, 0.3) is 0 Å². The van der Waals surface area contributed by atoms with Crippen LogP contribution in [0.3, 0.4) is 0 Å². The Morgan fingerprint density at radius 2 is 1.28 bits per heavy atom. The molecule has 0 aromatic heterocycles. The molecule has 5 rings (SSSR count). The fourth-order valence-electron chi connectivity index (χ4n) is 5.19. The van der Waals surface area contributed by atoms with Gasteiger partial charge in [-0.25, -0.2) is 4.79 Å². The second-order valence-corrected chi connectivity index (χ2v) is 11.9. The Morgan fingerprint density at radius 3 is 1.81 bits per heavy atom. The molecule has 0 bridgehead atoms. The fraction of sp³-hybridized carbons (Fsp3) is 0.289. The number of rotatable bonds is 11. The minimum Gasteiger partial charge on any atom is -0.492 e. The molecule has 43 heavy (non-hydrogen) atoms. The molecule has 222 valence electrons. The van der Waals surface area contributed by atoms with Gasteiger partial charge in [-0.2, -0.15) is 0 Å². The van der Waals surface area contributed by atoms with E-state index in [1.54, 1.807) is 0 Å². The molecule has 1 saturated carbocycles. The van der Waals surface area contributed by atoms with Gasteiger partial charge >= 0.3 is 6.09 Å². The standard InChI is InChI=1S/C38H41NO4/c1-38(2,3)43-37(40)39-25-26-41-33-21-17-31(18-22-33)36(35(30-15-10-16-30)29-13-8-5-9-14-29)32-19-23-34(24-20-32)42-27-28-11-6-4-7-12-28/h4-9,11-14,17-24,30H,10,15-16,25-27H2,1-3H3,(H,39,40)/b36-35-. The Balaban J connectivity index is 1.37. The average Bonchev–Trinajstić information content (AvgIpc) is 2.98. The summed E-state index contributed by atoms with van der Waals surface area (Å²) in [5.74, 6) is 2.12. The Morgan fingerprint density at radius 1 is 0.721 bits per heavy atom. The van der Waals surface area contributed by atoms with Crippen LogP contribution in [0.15, 0.2) is 109 Å². The number of allylic oxidation sites excluding steroid dienone is 1. The number of carbonyl (C=O) groups is 1. The van der Waals surface area contributed by atoms with Gasteiger partial charge in [-0.05, 0) is 97.2 Å². The molecule has 5 heteroatoms. The van der Waals surface area contributed by atoms with E-state index in [4.69, 9.17) is 14.2 Å². The van der Waals surface area contributed by atoms with Crippen LogP contribution in [0.25, 0.3) is 11.1 Å². The molecule has 0 aliphatic heterocycles. The van der Waals surface area contributed by atoms with Crippen molar-refractivity contribution in [3.63, 3.8) is 0 Å². The van der Waals surface area contributed by atoms with E-state index in [1.807, 2.05) is 51.1 Å². The normalized spacial score (nSPS) is 13.8. The monoisotopic (exact) mass is 575 g/mol. The summed E-state index contributed by atoms with van der Waals surface area (Å²) < 4.78 is 17.3. The van der Waals surface area contributed by atoms with Gasteiger partial charge < -0.3 is 19.5 Å². The van der Waals surface area contributed by atoms with Crippen molar-refractivity contribution < 1.29 is 19.0 Å². The lowest BCUT2D eigenvalue weighted by atomic mass is 9.73. The zero-order chi connectivity index (χ0) is 30.1. The van der Waals surface area contributed by atoms with Crippen LogP contribution in [0, 0.1) is 5.92 Å². The number of ether oxygens (including phenoxy) is 3. The van der Waals surface area contributed by atoms with Gasteiger partial charge in [-0.15, -0.1) is 0 Å². The zero-order valence-electron chi connectivity index (χ0n) is 25.3. The number of alkyl carbamates (subject to hydrolysis) is 1. The predicted octanol–water partition coefficient (Wildman–Crippen LogP) is 8.93. The molecule has 0 heterocycles. The minimum atomic E-state index is -0.528. The lowest BCUT2D eigenvalue weighted by Crippen LogP contribution is -2.34. The molecular weight excluding hydrogens is 534 g/mol. The van der Waals surface area contributed by atoms with Crippen LogP contribution in [-0.2, 0) is 11.3 Å². The first-order valence-corrected chi connectivity index (χ1v) is 15.1. The number of hydrogen-bond acceptors (Lipinski definition) is 4. The van der Waals surface area contributed by atoms with Crippen molar-refractivity contribution in [2.24, 2.45) is 5.92 Å². The van der Waals surface area contributed by atoms with E-state index in [0.29, 0.717) is 25.7 Å². The molecule has 1 amide bonds. The molecule has 1 N–H and O–H groups in total. The van der Waals surface area contributed by atoms with Gasteiger partial charge in [0.15, 0.2) is 0 Å². The van der Waals surface area contributed by atoms with Gasteiger partial charge in [0, 0.05) is 0 Å². The highest BCUT2D eigenvalue weighted by Gasteiger charge is 2.27. The molecular formula is C38H41NO4. The number of carbonyl (C=O) groups excluding carboxylic acids is 1. The summed E-state index contributed by atoms with van der Waals surface area (Å²) in [6, 6.07) is 37.7. The largest absolute Gasteiger partial charge is 0.492 e. The Kier molecular flexibility index (Phi) is 9.83. The van der Waals surface area contributed by atoms with Crippen molar-refractivity contribution in [1.29, 1.82) is 0 Å². The minimum absolute atomic E-state index is 0.350. The summed E-state index contributed by atoms with van der Waals surface area (Å²) >= 11 is 0. The van der Waals surface area contributed by atoms with E-state index in [0.717, 1.165) is 28.2 Å². The fourth-order valence-corrected chi connectivity index (χ4v) is 5.19. The molecule has 0 spiro atoms. The van der Waals surface area contributed by atoms with Crippen LogP contribution in [0.5, 0.6) is 11.5 Å². The van der Waals surface area contributed by atoms with Crippen LogP contribution in [-0.4, -0.2) is 24.8 Å². The topological polar surface area (TPSA) is 56.8 Å². The molecule has 1 aliphatic carbocycles. The number of hydrogen-bond donors (Lipinski definition) is 1. The highest BCUT2D eigenvalue weighted by molar-refractivity contribution is 5.99. The third-order valence-electron chi connectivity index (χ3n) is 7.44. The van der Waals surface area contributed by atoms with Gasteiger partial charge in [0.2, 0.25) is 0 Å². The van der Waals surface area contributed by atoms with Crippen molar-refractivity contribution in [1.82, 2.24) is 5.32 Å². The lowest BCUT2D eigenvalue weighted by molar-refractivity contribution is 0.0520. The molecule has 0 saturated heterocycles. The van der Waals surface area contributed by atoms with E-state index in [2.05, 4.69) is 84.2 Å². The van der Waals surface area contributed by atoms with Crippen molar-refractivity contribution in [2.45, 2.75) is 52.2 Å². The summed E-state index contributed by atoms with van der Waals surface area (Å²) in [4.78, 5) is 11.9. The van der Waals surface area contributed by atoms with E-state index in [9.17, 15) is 4.79 Å². The molecule has 0 atom stereocenters. The summed E-state index contributed by atoms with van der Waals surface area (Å²) in [6.07, 6.45) is 3.20. The van der Waals surface area contributed by atoms with Crippen molar-refractivity contribution in [2.75, 3.05) is 13.2 Å². The van der Waals surface area contributed by atoms with E-state index in [1.165, 1.54) is 36.0 Å². The zero-order valence-corrected chi connectivity index (χ0v) is 25.3. The molecule has 1 fully saturated rings. The SMILES string of the molecule is CC(C)(C)OC(=O)NCCOc1ccc(/C(=C(\c2ccccc2)C2CCC2)c2ccc(OCc3ccccc3)cc2)cc1. The summed E-state index contributed by atoms with van der Waals surface area (Å²) in [5, 5.41) is 2.74. The number of nitrogens with one attached hydrogen (secondary N) is 1. The lowest BCUT2D eigenvalue weighted by Gasteiger charge is -2.31. The van der Waals surface area contributed by atoms with Gasteiger partial charge in [0.1, 0.15) is 30.3 Å². The van der Waals surface area contributed by atoms with E-state index < -0.39 is 11.7 Å². The second kappa shape index (κ2) is 14.1. The highest BCUT2D eigenvalue weighted by atomic mass is 16.6. The highest BCUT2D eigenvalue weighted by Crippen LogP contribution is 2.45. The Labute approximate surface area is 255 Å². The summed E-state index contributed by atoms with van der Waals surface area (Å²) in [6.45, 7) is 6.78. The first kappa shape index (κ1) is 30.0. The molecule has 0 radical (unpaired) electrons. The van der Waals surface area contributed by atoms with E-state index in [-0.39, 0.29) is 0 Å². The van der Waals surface area contributed by atoms with Crippen LogP contribution < -0.4 is 14.8 Å². The maximum atomic E-state index is 11.9. The maximum absolute atomic E-state index is 11.9. The van der Waals surface area contributed by atoms with Crippen LogP contribution in [0.2, 0.25) is 0 Å². The van der Waals surface area contributed by atoms with Gasteiger partial charge in [0.05, 0.1) is 6.54 Å². The molecule has 4 aromatic rings. The first-order chi connectivity index (χ1) is 20.9. The second-order valence-electron chi connectivity index (χ2n) is 11.9. The van der Waals surface area contributed by atoms with Crippen LogP contribution in [0.4, 0.5) is 4.79 Å². The maximum Gasteiger partial charge on any atom is 0.407 e. The van der Waals surface area contributed by atoms with Crippen LogP contribution >= 0.6 is 0 Å². The quantitative estimate of drug-likeness (QED) is 0.143. The molecule has 5 nitrogen and oxygen atoms in total. The molecule has 1 aliphatic rings. The molecule has 0 unspecified atom stereocenters. The Hall–Kier alpha value is -4.51. The first-order valence-electron chi connectivity index (χ1n) is 15.1. The van der Waals surface area contributed by atoms with Crippen molar-refractivity contribution in [3.05, 3.63) is 131 Å².